The molecule has 100 valence electrons. The zero-order valence-electron chi connectivity index (χ0n) is 9.75. The molecule has 0 aliphatic rings. The monoisotopic (exact) mass is 298 g/mol. The number of aromatic nitrogens is 1. The van der Waals surface area contributed by atoms with Crippen molar-refractivity contribution >= 4 is 27.3 Å². The van der Waals surface area contributed by atoms with Crippen LogP contribution in [0.1, 0.15) is 5.56 Å². The van der Waals surface area contributed by atoms with E-state index in [0.717, 1.165) is 0 Å². The summed E-state index contributed by atoms with van der Waals surface area (Å²) in [7, 11) is -3.80. The first kappa shape index (κ1) is 13.8. The Morgan fingerprint density at radius 1 is 1.32 bits per heavy atom. The van der Waals surface area contributed by atoms with Gasteiger partial charge in [-0.25, -0.2) is 8.42 Å². The summed E-state index contributed by atoms with van der Waals surface area (Å²) in [5.74, 6) is 0. The molecule has 7 heteroatoms. The Morgan fingerprint density at radius 3 is 2.79 bits per heavy atom. The van der Waals surface area contributed by atoms with E-state index in [1.807, 2.05) is 0 Å². The lowest BCUT2D eigenvalue weighted by atomic mass is 10.2. The van der Waals surface area contributed by atoms with Crippen LogP contribution in [-0.2, 0) is 16.6 Å². The normalized spacial score (nSPS) is 11.3. The fourth-order valence-corrected chi connectivity index (χ4v) is 2.99. The van der Waals surface area contributed by atoms with Crippen LogP contribution in [0.4, 0.5) is 5.69 Å². The van der Waals surface area contributed by atoms with Crippen molar-refractivity contribution in [1.82, 2.24) is 4.98 Å². The molecule has 0 spiro atoms. The first-order valence-corrected chi connectivity index (χ1v) is 7.21. The zero-order valence-corrected chi connectivity index (χ0v) is 11.3. The molecule has 0 aliphatic carbocycles. The minimum absolute atomic E-state index is 0.0916. The number of pyridine rings is 1. The number of halogens is 1. The highest BCUT2D eigenvalue weighted by atomic mass is 35.5. The summed E-state index contributed by atoms with van der Waals surface area (Å²) in [5, 5.41) is 9.11. The second-order valence-corrected chi connectivity index (χ2v) is 5.83. The van der Waals surface area contributed by atoms with E-state index < -0.39 is 10.0 Å². The Labute approximate surface area is 115 Å². The zero-order chi connectivity index (χ0) is 13.9. The molecule has 19 heavy (non-hydrogen) atoms. The average Bonchev–Trinajstić information content (AvgIpc) is 2.38. The molecule has 0 saturated carbocycles. The van der Waals surface area contributed by atoms with Gasteiger partial charge in [0.1, 0.15) is 4.90 Å². The van der Waals surface area contributed by atoms with Gasteiger partial charge in [0.05, 0.1) is 11.6 Å². The molecular weight excluding hydrogens is 288 g/mol. The maximum Gasteiger partial charge on any atom is 0.264 e. The smallest absolute Gasteiger partial charge is 0.264 e. The molecule has 1 heterocycles. The molecule has 1 aromatic heterocycles. The molecule has 2 aromatic rings. The number of benzene rings is 1. The maximum absolute atomic E-state index is 12.1. The third kappa shape index (κ3) is 3.23. The Balaban J connectivity index is 2.34. The second-order valence-electron chi connectivity index (χ2n) is 3.77. The minimum Gasteiger partial charge on any atom is -0.392 e. The van der Waals surface area contributed by atoms with Crippen LogP contribution in [0, 0.1) is 0 Å². The molecule has 0 fully saturated rings. The third-order valence-electron chi connectivity index (χ3n) is 2.39. The highest BCUT2D eigenvalue weighted by Gasteiger charge is 2.18. The lowest BCUT2D eigenvalue weighted by Gasteiger charge is -2.09. The van der Waals surface area contributed by atoms with Crippen LogP contribution in [0.3, 0.4) is 0 Å². The molecule has 0 bridgehead atoms. The Hall–Kier alpha value is -1.63. The number of sulfonamides is 1. The van der Waals surface area contributed by atoms with Gasteiger partial charge in [-0.1, -0.05) is 23.7 Å². The Morgan fingerprint density at radius 2 is 2.11 bits per heavy atom. The van der Waals surface area contributed by atoms with E-state index in [1.165, 1.54) is 18.5 Å². The number of nitrogens with zero attached hydrogens (tertiary/aromatic N) is 1. The maximum atomic E-state index is 12.1. The van der Waals surface area contributed by atoms with Crippen molar-refractivity contribution in [1.29, 1.82) is 0 Å². The number of rotatable bonds is 4. The van der Waals surface area contributed by atoms with Crippen molar-refractivity contribution in [3.8, 4) is 0 Å². The van der Waals surface area contributed by atoms with Gasteiger partial charge >= 0.3 is 0 Å². The molecule has 0 radical (unpaired) electrons. The molecule has 0 aliphatic heterocycles. The molecule has 0 amide bonds. The molecule has 0 saturated heterocycles. The molecule has 2 rings (SSSR count). The minimum atomic E-state index is -3.80. The summed E-state index contributed by atoms with van der Waals surface area (Å²) in [4.78, 5) is 3.65. The quantitative estimate of drug-likeness (QED) is 0.905. The van der Waals surface area contributed by atoms with E-state index in [1.54, 1.807) is 24.3 Å². The molecule has 2 N–H and O–H groups in total. The van der Waals surface area contributed by atoms with Gasteiger partial charge in [-0.05, 0) is 23.8 Å². The van der Waals surface area contributed by atoms with Gasteiger partial charge in [-0.2, -0.15) is 0 Å². The number of hydrogen-bond acceptors (Lipinski definition) is 4. The van der Waals surface area contributed by atoms with Crippen LogP contribution in [0.2, 0.25) is 5.02 Å². The van der Waals surface area contributed by atoms with Crippen LogP contribution in [-0.4, -0.2) is 18.5 Å². The largest absolute Gasteiger partial charge is 0.392 e. The van der Waals surface area contributed by atoms with Crippen molar-refractivity contribution in [2.24, 2.45) is 0 Å². The molecular formula is C12H11ClN2O3S. The summed E-state index contributed by atoms with van der Waals surface area (Å²) < 4.78 is 26.6. The van der Waals surface area contributed by atoms with Crippen molar-refractivity contribution in [3.63, 3.8) is 0 Å². The number of aliphatic hydroxyl groups excluding tert-OH is 1. The van der Waals surface area contributed by atoms with Gasteiger partial charge in [-0.3, -0.25) is 9.71 Å². The first-order chi connectivity index (χ1) is 9.03. The number of aliphatic hydroxyl groups is 1. The number of anilines is 1. The van der Waals surface area contributed by atoms with Gasteiger partial charge in [-0.15, -0.1) is 0 Å². The van der Waals surface area contributed by atoms with Crippen LogP contribution in [0.15, 0.2) is 47.6 Å². The van der Waals surface area contributed by atoms with E-state index in [0.29, 0.717) is 11.3 Å². The Kier molecular flexibility index (Phi) is 4.04. The standard InChI is InChI=1S/C12H11ClN2O3S/c13-11-4-5-14-7-12(11)19(17,18)15-10-3-1-2-9(6-10)8-16/h1-7,15-16H,8H2. The van der Waals surface area contributed by atoms with Gasteiger partial charge in [0.15, 0.2) is 0 Å². The van der Waals surface area contributed by atoms with Gasteiger partial charge < -0.3 is 5.11 Å². The molecule has 5 nitrogen and oxygen atoms in total. The summed E-state index contributed by atoms with van der Waals surface area (Å²) in [5.41, 5.74) is 0.962. The van der Waals surface area contributed by atoms with Crippen molar-refractivity contribution in [2.45, 2.75) is 11.5 Å². The van der Waals surface area contributed by atoms with Crippen molar-refractivity contribution < 1.29 is 13.5 Å². The molecule has 0 atom stereocenters. The van der Waals surface area contributed by atoms with Gasteiger partial charge in [0, 0.05) is 18.1 Å². The van der Waals surface area contributed by atoms with E-state index in [9.17, 15) is 8.42 Å². The SMILES string of the molecule is O=S(=O)(Nc1cccc(CO)c1)c1cnccc1Cl. The topological polar surface area (TPSA) is 79.3 Å². The fourth-order valence-electron chi connectivity index (χ4n) is 1.50. The van der Waals surface area contributed by atoms with E-state index in [-0.39, 0.29) is 16.5 Å². The van der Waals surface area contributed by atoms with Gasteiger partial charge in [0.25, 0.3) is 10.0 Å². The predicted molar refractivity (Wildman–Crippen MR) is 72.4 cm³/mol. The Bertz CT molecular complexity index is 689. The lowest BCUT2D eigenvalue weighted by molar-refractivity contribution is 0.282. The van der Waals surface area contributed by atoms with Crippen molar-refractivity contribution in [3.05, 3.63) is 53.3 Å². The summed E-state index contributed by atoms with van der Waals surface area (Å²) in [6, 6.07) is 7.87. The van der Waals surface area contributed by atoms with Crippen LogP contribution >= 0.6 is 11.6 Å². The molecule has 0 unspecified atom stereocenters. The molecule has 1 aromatic carbocycles. The van der Waals surface area contributed by atoms with Crippen molar-refractivity contribution in [2.75, 3.05) is 4.72 Å². The average molecular weight is 299 g/mol. The summed E-state index contributed by atoms with van der Waals surface area (Å²) in [6.45, 7) is -0.163. The lowest BCUT2D eigenvalue weighted by Crippen LogP contribution is -2.13. The number of nitrogens with one attached hydrogen (secondary N) is 1. The summed E-state index contributed by atoms with van der Waals surface area (Å²) >= 11 is 5.83. The highest BCUT2D eigenvalue weighted by Crippen LogP contribution is 2.22. The predicted octanol–water partition coefficient (Wildman–Crippen LogP) is 2.03. The van der Waals surface area contributed by atoms with Crippen LogP contribution in [0.5, 0.6) is 0 Å². The first-order valence-electron chi connectivity index (χ1n) is 5.35. The van der Waals surface area contributed by atoms with Gasteiger partial charge in [0.2, 0.25) is 0 Å². The van der Waals surface area contributed by atoms with E-state index in [4.69, 9.17) is 16.7 Å². The van der Waals surface area contributed by atoms with E-state index in [2.05, 4.69) is 9.71 Å². The number of hydrogen-bond donors (Lipinski definition) is 2. The van der Waals surface area contributed by atoms with Crippen LogP contribution in [0.25, 0.3) is 0 Å². The fraction of sp³-hybridized carbons (Fsp3) is 0.0833. The van der Waals surface area contributed by atoms with E-state index >= 15 is 0 Å². The third-order valence-corrected chi connectivity index (χ3v) is 4.24. The summed E-state index contributed by atoms with van der Waals surface area (Å²) in [6.07, 6.45) is 2.59. The second kappa shape index (κ2) is 5.56. The van der Waals surface area contributed by atoms with Crippen LogP contribution < -0.4 is 4.72 Å². The highest BCUT2D eigenvalue weighted by molar-refractivity contribution is 7.92.